The lowest BCUT2D eigenvalue weighted by Gasteiger charge is -2.32. The zero-order valence-corrected chi connectivity index (χ0v) is 76.1. The van der Waals surface area contributed by atoms with Gasteiger partial charge < -0.3 is 0 Å². The Hall–Kier alpha value is -4.21. The van der Waals surface area contributed by atoms with E-state index in [1.165, 1.54) is 144 Å². The highest BCUT2D eigenvalue weighted by atomic mass is 35.5. The molecule has 0 nitrogen and oxygen atoms in total. The maximum atomic E-state index is 5.83. The molecule has 3 aliphatic rings. The van der Waals surface area contributed by atoms with E-state index in [-0.39, 0.29) is 16.2 Å². The van der Waals surface area contributed by atoms with Crippen LogP contribution in [0.1, 0.15) is 354 Å². The molecular formula is C99H137Cl7. The molecule has 0 unspecified atom stereocenters. The van der Waals surface area contributed by atoms with Crippen molar-refractivity contribution in [1.29, 1.82) is 0 Å². The number of halogens is 7. The highest BCUT2D eigenvalue weighted by Gasteiger charge is 2.29. The molecule has 0 aromatic heterocycles. The molecule has 7 heteroatoms. The summed E-state index contributed by atoms with van der Waals surface area (Å²) >= 11 is 40.2. The van der Waals surface area contributed by atoms with Gasteiger partial charge in [-0.2, -0.15) is 0 Å². The lowest BCUT2D eigenvalue weighted by Crippen LogP contribution is -2.23. The molecule has 3 saturated carbocycles. The summed E-state index contributed by atoms with van der Waals surface area (Å²) in [5, 5.41) is 5.16. The fourth-order valence-corrected chi connectivity index (χ4v) is 16.8. The topological polar surface area (TPSA) is 0 Å². The quantitative estimate of drug-likeness (QED) is 0.135. The molecule has 0 aliphatic heterocycles. The van der Waals surface area contributed by atoms with E-state index in [0.717, 1.165) is 89.9 Å². The monoisotopic (exact) mass is 1570 g/mol. The van der Waals surface area contributed by atoms with Crippen LogP contribution in [0.2, 0.25) is 35.2 Å². The van der Waals surface area contributed by atoms with Gasteiger partial charge in [0.05, 0.1) is 0 Å². The van der Waals surface area contributed by atoms with Gasteiger partial charge in [-0.25, -0.2) is 0 Å². The summed E-state index contributed by atoms with van der Waals surface area (Å²) in [6.45, 7) is 60.2. The van der Waals surface area contributed by atoms with Crippen LogP contribution in [0.4, 0.5) is 0 Å². The van der Waals surface area contributed by atoms with E-state index >= 15 is 0 Å². The minimum atomic E-state index is 0.200. The summed E-state index contributed by atoms with van der Waals surface area (Å²) < 4.78 is 0. The first kappa shape index (κ1) is 94.2. The van der Waals surface area contributed by atoms with Crippen LogP contribution in [0.15, 0.2) is 121 Å². The summed E-state index contributed by atoms with van der Waals surface area (Å²) in [5.74, 6) is 4.49. The molecule has 0 amide bonds. The van der Waals surface area contributed by atoms with Crippen molar-refractivity contribution in [1.82, 2.24) is 0 Å². The molecule has 0 radical (unpaired) electrons. The molecule has 3 fully saturated rings. The molecule has 8 aromatic rings. The molecule has 0 saturated heterocycles. The number of rotatable bonds is 9. The van der Waals surface area contributed by atoms with Gasteiger partial charge in [-0.1, -0.05) is 317 Å². The molecule has 0 N–H and O–H groups in total. The Labute approximate surface area is 684 Å². The summed E-state index contributed by atoms with van der Waals surface area (Å²) in [4.78, 5) is 0. The normalized spacial score (nSPS) is 13.9. The zero-order valence-electron chi connectivity index (χ0n) is 70.8. The Morgan fingerprint density at radius 1 is 0.340 bits per heavy atom. The average Bonchev–Trinajstić information content (AvgIpc) is 0.843. The van der Waals surface area contributed by atoms with Crippen LogP contribution >= 0.6 is 81.2 Å². The molecule has 0 heterocycles. The van der Waals surface area contributed by atoms with Gasteiger partial charge in [0.25, 0.3) is 0 Å². The lowest BCUT2D eigenvalue weighted by molar-refractivity contribution is 0.542. The van der Waals surface area contributed by atoms with E-state index in [9.17, 15) is 0 Å². The predicted molar refractivity (Wildman–Crippen MR) is 479 cm³/mol. The van der Waals surface area contributed by atoms with Crippen molar-refractivity contribution in [3.8, 4) is 0 Å². The standard InChI is InChI=1S/C22H32.C19H32.C16H26.C13H20.C8H8Cl2.2C7H6Cl2.C7H7Cl/c1-16-21(18-10-4-5-11-18)14-20(17-8-2-3-9-17)15-22(16)19-12-6-7-13-19;1-13-15(18(5,6)7)11-14(17(2,3)4)12-16(13)19(8,9)10;1-10(2)14-8-15(11(3)4)13(7)16(9-14)12(5)6;1-5-11-8-12(6-2)10(4)13(7-3)9-11;1-5-3-7(9)6(2)8(10)4-5;1-5-2-6(8)4-7(9)3-5;1-5-6(8)3-2-4-7(5)9;1-6-4-2-3-5-7(6)8/h14-15,17-19H,2-13H2,1H3;11-12H,1-10H3;8-12H,1-7H3;8-9H,5-7H2,1-4H3;3-4H,1-2H3;2*2-4H,1H3;2-5H,1H3. The van der Waals surface area contributed by atoms with Crippen LogP contribution in [-0.4, -0.2) is 0 Å². The van der Waals surface area contributed by atoms with Crippen LogP contribution in [0.5, 0.6) is 0 Å². The van der Waals surface area contributed by atoms with Crippen LogP contribution in [-0.2, 0) is 35.5 Å². The zero-order chi connectivity index (χ0) is 79.9. The summed E-state index contributed by atoms with van der Waals surface area (Å²) in [5.41, 5.74) is 30.7. The molecule has 106 heavy (non-hydrogen) atoms. The highest BCUT2D eigenvalue weighted by Crippen LogP contribution is 2.46. The van der Waals surface area contributed by atoms with Crippen molar-refractivity contribution in [3.63, 3.8) is 0 Å². The minimum Gasteiger partial charge on any atom is -0.0843 e. The third-order valence-corrected chi connectivity index (χ3v) is 24.3. The number of hydrogen-bond donors (Lipinski definition) is 0. The molecule has 3 aliphatic carbocycles. The SMILES string of the molecule is CCc1cc(CC)c(C)c(CC)c1.Cc1c(C(C)(C)C)cc(C(C)(C)C)cc1C(C)(C)C.Cc1c(C(C)C)cc(C(C)C)cc1C(C)C.Cc1c(C2CCCC2)cc(C2CCCC2)cc1C1CCCC1.Cc1c(Cl)cccc1Cl.Cc1cc(Cl)c(C)c(Cl)c1.Cc1cc(Cl)cc(Cl)c1.Cc1ccccc1Cl. The average molecular weight is 1580 g/mol. The minimum absolute atomic E-state index is 0.200. The van der Waals surface area contributed by atoms with Crippen molar-refractivity contribution in [2.75, 3.05) is 0 Å². The van der Waals surface area contributed by atoms with Gasteiger partial charge in [0, 0.05) is 35.2 Å². The van der Waals surface area contributed by atoms with E-state index in [1.54, 1.807) is 28.3 Å². The Morgan fingerprint density at radius 3 is 1.04 bits per heavy atom. The van der Waals surface area contributed by atoms with E-state index in [0.29, 0.717) is 27.8 Å². The first-order valence-corrected chi connectivity index (χ1v) is 42.6. The van der Waals surface area contributed by atoms with Crippen LogP contribution in [0.3, 0.4) is 0 Å². The van der Waals surface area contributed by atoms with Gasteiger partial charge >= 0.3 is 0 Å². The van der Waals surface area contributed by atoms with Crippen LogP contribution < -0.4 is 0 Å². The molecule has 0 bridgehead atoms. The summed E-state index contributed by atoms with van der Waals surface area (Å²) in [7, 11) is 0. The van der Waals surface area contributed by atoms with Crippen molar-refractivity contribution < 1.29 is 0 Å². The largest absolute Gasteiger partial charge is 0.0843 e. The van der Waals surface area contributed by atoms with Gasteiger partial charge in [0.2, 0.25) is 0 Å². The lowest BCUT2D eigenvalue weighted by atomic mass is 9.73. The van der Waals surface area contributed by atoms with E-state index < -0.39 is 0 Å². The number of benzene rings is 8. The molecule has 0 atom stereocenters. The fraction of sp³-hybridized carbons (Fsp3) is 0.515. The van der Waals surface area contributed by atoms with Crippen molar-refractivity contribution in [3.05, 3.63) is 273 Å². The molecule has 0 spiro atoms. The van der Waals surface area contributed by atoms with Gasteiger partial charge in [0.15, 0.2) is 0 Å². The second-order valence-corrected chi connectivity index (χ2v) is 37.4. The third kappa shape index (κ3) is 29.5. The Balaban J connectivity index is 0.000000263. The van der Waals surface area contributed by atoms with Crippen LogP contribution in [0.25, 0.3) is 0 Å². The fourth-order valence-electron chi connectivity index (χ4n) is 15.1. The number of hydrogen-bond acceptors (Lipinski definition) is 0. The van der Waals surface area contributed by atoms with E-state index in [1.807, 2.05) is 101 Å². The van der Waals surface area contributed by atoms with Crippen molar-refractivity contribution >= 4 is 81.2 Å². The highest BCUT2D eigenvalue weighted by molar-refractivity contribution is 6.36. The second-order valence-electron chi connectivity index (χ2n) is 34.5. The smallest absolute Gasteiger partial charge is 0.0452 e. The first-order chi connectivity index (χ1) is 49.4. The van der Waals surface area contributed by atoms with Crippen LogP contribution in [0, 0.1) is 62.3 Å². The molecule has 582 valence electrons. The predicted octanol–water partition coefficient (Wildman–Crippen LogP) is 34.8. The Kier molecular flexibility index (Phi) is 39.2. The summed E-state index contributed by atoms with van der Waals surface area (Å²) in [6.07, 6.45) is 20.9. The first-order valence-electron chi connectivity index (χ1n) is 40.0. The van der Waals surface area contributed by atoms with E-state index in [2.05, 4.69) is 201 Å². The molecule has 8 aromatic carbocycles. The van der Waals surface area contributed by atoms with E-state index in [4.69, 9.17) is 81.2 Å². The number of aryl methyl sites for hydroxylation is 6. The Bertz CT molecular complexity index is 3780. The maximum absolute atomic E-state index is 5.83. The van der Waals surface area contributed by atoms with Gasteiger partial charge in [0.1, 0.15) is 0 Å². The second kappa shape index (κ2) is 44.1. The summed E-state index contributed by atoms with van der Waals surface area (Å²) in [6, 6.07) is 42.2. The van der Waals surface area contributed by atoms with Gasteiger partial charge in [-0.3, -0.25) is 0 Å². The van der Waals surface area contributed by atoms with Crippen molar-refractivity contribution in [2.45, 2.75) is 335 Å². The third-order valence-electron chi connectivity index (χ3n) is 21.8. The maximum Gasteiger partial charge on any atom is 0.0452 e. The molecular weight excluding hydrogens is 1440 g/mol. The van der Waals surface area contributed by atoms with Gasteiger partial charge in [-0.05, 0) is 337 Å². The Morgan fingerprint density at radius 2 is 0.717 bits per heavy atom. The molecule has 11 rings (SSSR count). The van der Waals surface area contributed by atoms with Crippen molar-refractivity contribution in [2.24, 2.45) is 0 Å². The van der Waals surface area contributed by atoms with Gasteiger partial charge in [-0.15, -0.1) is 0 Å².